The van der Waals surface area contributed by atoms with Crippen molar-refractivity contribution in [1.82, 2.24) is 9.71 Å². The lowest BCUT2D eigenvalue weighted by Gasteiger charge is -2.06. The van der Waals surface area contributed by atoms with E-state index in [0.29, 0.717) is 4.90 Å². The van der Waals surface area contributed by atoms with Crippen molar-refractivity contribution in [2.75, 3.05) is 0 Å². The van der Waals surface area contributed by atoms with Crippen LogP contribution in [0.15, 0.2) is 40.6 Å². The molecule has 0 saturated heterocycles. The second-order valence-corrected chi connectivity index (χ2v) is 9.76. The molecule has 0 bridgehead atoms. The summed E-state index contributed by atoms with van der Waals surface area (Å²) in [5.74, 6) is 0. The fourth-order valence-electron chi connectivity index (χ4n) is 2.41. The molecule has 0 fully saturated rings. The van der Waals surface area contributed by atoms with Crippen molar-refractivity contribution in [3.8, 4) is 10.6 Å². The van der Waals surface area contributed by atoms with Gasteiger partial charge in [0.25, 0.3) is 0 Å². The zero-order valence-corrected chi connectivity index (χ0v) is 16.8. The summed E-state index contributed by atoms with van der Waals surface area (Å²) in [6, 6.07) is 9.55. The Hall–Kier alpha value is -1.54. The van der Waals surface area contributed by atoms with Crippen molar-refractivity contribution in [1.29, 1.82) is 0 Å². The molecule has 3 aromatic rings. The predicted molar refractivity (Wildman–Crippen MR) is 105 cm³/mol. The van der Waals surface area contributed by atoms with Gasteiger partial charge in [0.1, 0.15) is 0 Å². The summed E-state index contributed by atoms with van der Waals surface area (Å²) in [5, 5.41) is 3.04. The first-order chi connectivity index (χ1) is 11.9. The Morgan fingerprint density at radius 2 is 1.88 bits per heavy atom. The maximum atomic E-state index is 12.7. The summed E-state index contributed by atoms with van der Waals surface area (Å²) in [5.41, 5.74) is 2.95. The lowest BCUT2D eigenvalue weighted by molar-refractivity contribution is 0.581. The smallest absolute Gasteiger partial charge is 0.240 e. The van der Waals surface area contributed by atoms with E-state index < -0.39 is 10.0 Å². The minimum absolute atomic E-state index is 0.282. The van der Waals surface area contributed by atoms with E-state index in [1.54, 1.807) is 17.4 Å². The van der Waals surface area contributed by atoms with E-state index in [1.807, 2.05) is 43.5 Å². The van der Waals surface area contributed by atoms with Crippen molar-refractivity contribution >= 4 is 32.7 Å². The third kappa shape index (κ3) is 4.17. The summed E-state index contributed by atoms with van der Waals surface area (Å²) in [6.07, 6.45) is 0.887. The number of aromatic nitrogens is 1. The van der Waals surface area contributed by atoms with Gasteiger partial charge in [-0.1, -0.05) is 36.8 Å². The van der Waals surface area contributed by atoms with Crippen LogP contribution in [0.5, 0.6) is 0 Å². The highest BCUT2D eigenvalue weighted by molar-refractivity contribution is 7.89. The molecule has 0 aliphatic carbocycles. The molecule has 2 heterocycles. The molecule has 0 spiro atoms. The molecule has 2 aromatic heterocycles. The van der Waals surface area contributed by atoms with Gasteiger partial charge in [-0.3, -0.25) is 0 Å². The first-order valence-corrected chi connectivity index (χ1v) is 11.2. The van der Waals surface area contributed by atoms with Gasteiger partial charge in [-0.05, 0) is 31.9 Å². The molecule has 0 amide bonds. The van der Waals surface area contributed by atoms with Crippen molar-refractivity contribution in [3.63, 3.8) is 0 Å². The number of thiazole rings is 1. The number of sulfonamides is 1. The molecular formula is C18H20N2O2S3. The molecule has 1 aromatic carbocycles. The molecule has 0 aliphatic rings. The highest BCUT2D eigenvalue weighted by Crippen LogP contribution is 2.34. The van der Waals surface area contributed by atoms with Gasteiger partial charge in [0.2, 0.25) is 10.0 Å². The number of nitrogens with zero attached hydrogens (tertiary/aromatic N) is 1. The number of benzene rings is 1. The van der Waals surface area contributed by atoms with Gasteiger partial charge in [0.15, 0.2) is 0 Å². The highest BCUT2D eigenvalue weighted by Gasteiger charge is 2.21. The number of thiophene rings is 1. The zero-order valence-electron chi connectivity index (χ0n) is 14.4. The van der Waals surface area contributed by atoms with Gasteiger partial charge in [-0.25, -0.2) is 18.1 Å². The van der Waals surface area contributed by atoms with E-state index in [-0.39, 0.29) is 6.54 Å². The van der Waals surface area contributed by atoms with Gasteiger partial charge in [0.05, 0.1) is 20.5 Å². The Morgan fingerprint density at radius 1 is 1.16 bits per heavy atom. The van der Waals surface area contributed by atoms with E-state index in [0.717, 1.165) is 38.0 Å². The monoisotopic (exact) mass is 392 g/mol. The van der Waals surface area contributed by atoms with E-state index in [4.69, 9.17) is 0 Å². The molecular weight excluding hydrogens is 372 g/mol. The number of hydrogen-bond acceptors (Lipinski definition) is 5. The molecule has 3 rings (SSSR count). The molecule has 1 N–H and O–H groups in total. The fraction of sp³-hybridized carbons (Fsp3) is 0.278. The van der Waals surface area contributed by atoms with Crippen LogP contribution < -0.4 is 4.72 Å². The molecule has 0 radical (unpaired) electrons. The summed E-state index contributed by atoms with van der Waals surface area (Å²) in [6.45, 7) is 6.19. The van der Waals surface area contributed by atoms with Crippen LogP contribution >= 0.6 is 22.7 Å². The van der Waals surface area contributed by atoms with Crippen LogP contribution in [0.25, 0.3) is 10.6 Å². The predicted octanol–water partition coefficient (Wildman–Crippen LogP) is 4.53. The average Bonchev–Trinajstić information content (AvgIpc) is 3.21. The van der Waals surface area contributed by atoms with E-state index >= 15 is 0 Å². The summed E-state index contributed by atoms with van der Waals surface area (Å²) in [7, 11) is -3.55. The Balaban J connectivity index is 1.81. The molecule has 0 atom stereocenters. The van der Waals surface area contributed by atoms with Crippen molar-refractivity contribution in [2.24, 2.45) is 0 Å². The Morgan fingerprint density at radius 3 is 2.52 bits per heavy atom. The maximum Gasteiger partial charge on any atom is 0.241 e. The molecule has 0 saturated carbocycles. The van der Waals surface area contributed by atoms with Gasteiger partial charge in [-0.2, -0.15) is 0 Å². The topological polar surface area (TPSA) is 59.1 Å². The molecule has 4 nitrogen and oxygen atoms in total. The third-order valence-electron chi connectivity index (χ3n) is 3.86. The molecule has 0 aliphatic heterocycles. The van der Waals surface area contributed by atoms with Gasteiger partial charge in [-0.15, -0.1) is 22.7 Å². The second kappa shape index (κ2) is 7.37. The molecule has 25 heavy (non-hydrogen) atoms. The minimum atomic E-state index is -3.55. The van der Waals surface area contributed by atoms with E-state index in [2.05, 4.69) is 16.6 Å². The lowest BCUT2D eigenvalue weighted by Crippen LogP contribution is -2.23. The van der Waals surface area contributed by atoms with Crippen LogP contribution in [0.2, 0.25) is 0 Å². The Kier molecular flexibility index (Phi) is 5.38. The number of aryl methyl sites for hydroxylation is 3. The van der Waals surface area contributed by atoms with E-state index in [1.165, 1.54) is 11.3 Å². The maximum absolute atomic E-state index is 12.7. The van der Waals surface area contributed by atoms with Gasteiger partial charge < -0.3 is 0 Å². The van der Waals surface area contributed by atoms with Crippen LogP contribution in [-0.4, -0.2) is 13.4 Å². The molecule has 132 valence electrons. The van der Waals surface area contributed by atoms with E-state index in [9.17, 15) is 8.42 Å². The van der Waals surface area contributed by atoms with Crippen LogP contribution in [-0.2, 0) is 23.0 Å². The van der Waals surface area contributed by atoms with Crippen molar-refractivity contribution in [3.05, 3.63) is 56.7 Å². The minimum Gasteiger partial charge on any atom is -0.240 e. The first kappa shape index (κ1) is 18.3. The largest absolute Gasteiger partial charge is 0.241 e. The van der Waals surface area contributed by atoms with Crippen LogP contribution in [0.4, 0.5) is 0 Å². The number of hydrogen-bond donors (Lipinski definition) is 1. The molecule has 0 unspecified atom stereocenters. The Bertz CT molecular complexity index is 970. The third-order valence-corrected chi connectivity index (χ3v) is 7.58. The SMILES string of the molecule is CCc1nc(-c2cc(S(=O)(=O)NCc3ccc(C)cc3)c(C)s2)cs1. The zero-order chi connectivity index (χ0) is 18.0. The lowest BCUT2D eigenvalue weighted by atomic mass is 10.2. The van der Waals surface area contributed by atoms with Crippen LogP contribution in [0.1, 0.15) is 27.9 Å². The fourth-order valence-corrected chi connectivity index (χ4v) is 5.79. The van der Waals surface area contributed by atoms with Crippen LogP contribution in [0.3, 0.4) is 0 Å². The summed E-state index contributed by atoms with van der Waals surface area (Å²) >= 11 is 3.07. The molecule has 7 heteroatoms. The standard InChI is InChI=1S/C18H20N2O2S3/c1-4-18-20-15(11-23-18)16-9-17(13(3)24-16)25(21,22)19-10-14-7-5-12(2)6-8-14/h5-9,11,19H,4,10H2,1-3H3. The van der Waals surface area contributed by atoms with Gasteiger partial charge in [0, 0.05) is 16.8 Å². The van der Waals surface area contributed by atoms with Crippen molar-refractivity contribution < 1.29 is 8.42 Å². The highest BCUT2D eigenvalue weighted by atomic mass is 32.2. The van der Waals surface area contributed by atoms with Crippen LogP contribution in [0, 0.1) is 13.8 Å². The second-order valence-electron chi connectivity index (χ2n) is 5.82. The van der Waals surface area contributed by atoms with Crippen molar-refractivity contribution in [2.45, 2.75) is 38.6 Å². The average molecular weight is 393 g/mol. The van der Waals surface area contributed by atoms with Gasteiger partial charge >= 0.3 is 0 Å². The summed E-state index contributed by atoms with van der Waals surface area (Å²) < 4.78 is 28.0. The Labute approximate surface area is 156 Å². The number of rotatable bonds is 6. The summed E-state index contributed by atoms with van der Waals surface area (Å²) in [4.78, 5) is 6.56. The quantitative estimate of drug-likeness (QED) is 0.670. The normalized spacial score (nSPS) is 11.8. The first-order valence-electron chi connectivity index (χ1n) is 7.99. The number of nitrogens with one attached hydrogen (secondary N) is 1.